The SMILES string of the molecule is COCC1CCCC(CNC(=O)N[C@@H](CN2CCC(C3=CCC(Cl)CC3)C(C)(C)C2)C(C)C)C1. The molecule has 0 spiro atoms. The molecule has 5 atom stereocenters. The topological polar surface area (TPSA) is 53.6 Å². The van der Waals surface area contributed by atoms with Gasteiger partial charge >= 0.3 is 6.03 Å². The fourth-order valence-corrected chi connectivity index (χ4v) is 6.78. The number of piperidine rings is 1. The highest BCUT2D eigenvalue weighted by molar-refractivity contribution is 6.20. The Bertz CT molecular complexity index is 679. The first-order valence-electron chi connectivity index (χ1n) is 13.8. The van der Waals surface area contributed by atoms with Crippen LogP contribution in [0.3, 0.4) is 0 Å². The van der Waals surface area contributed by atoms with Crippen LogP contribution in [0, 0.1) is 29.1 Å². The number of rotatable bonds is 9. The zero-order chi connectivity index (χ0) is 24.7. The molecule has 0 aromatic heterocycles. The van der Waals surface area contributed by atoms with Gasteiger partial charge in [0.05, 0.1) is 0 Å². The molecule has 2 amide bonds. The van der Waals surface area contributed by atoms with Crippen LogP contribution in [0.15, 0.2) is 11.6 Å². The molecule has 6 heteroatoms. The average Bonchev–Trinajstić information content (AvgIpc) is 2.78. The van der Waals surface area contributed by atoms with E-state index >= 15 is 0 Å². The van der Waals surface area contributed by atoms with Crippen LogP contribution in [0.25, 0.3) is 0 Å². The molecule has 0 aromatic rings. The summed E-state index contributed by atoms with van der Waals surface area (Å²) < 4.78 is 5.35. The van der Waals surface area contributed by atoms with Gasteiger partial charge in [0.1, 0.15) is 0 Å². The fourth-order valence-electron chi connectivity index (χ4n) is 6.58. The molecular formula is C28H50ClN3O2. The molecule has 0 aromatic carbocycles. The lowest BCUT2D eigenvalue weighted by Gasteiger charge is -2.47. The number of alkyl halides is 1. The third-order valence-corrected chi connectivity index (χ3v) is 8.96. The van der Waals surface area contributed by atoms with Gasteiger partial charge in [0.15, 0.2) is 0 Å². The van der Waals surface area contributed by atoms with E-state index in [4.69, 9.17) is 16.3 Å². The van der Waals surface area contributed by atoms with Gasteiger partial charge in [0.25, 0.3) is 0 Å². The van der Waals surface area contributed by atoms with Gasteiger partial charge in [-0.1, -0.05) is 45.8 Å². The predicted octanol–water partition coefficient (Wildman–Crippen LogP) is 5.83. The molecule has 4 unspecified atom stereocenters. The lowest BCUT2D eigenvalue weighted by molar-refractivity contribution is 0.0608. The monoisotopic (exact) mass is 495 g/mol. The Morgan fingerprint density at radius 1 is 1.24 bits per heavy atom. The van der Waals surface area contributed by atoms with E-state index in [9.17, 15) is 4.79 Å². The van der Waals surface area contributed by atoms with Gasteiger partial charge in [-0.25, -0.2) is 4.79 Å². The van der Waals surface area contributed by atoms with E-state index in [2.05, 4.69) is 49.3 Å². The first-order valence-corrected chi connectivity index (χ1v) is 14.2. The molecule has 1 aliphatic heterocycles. The number of halogens is 1. The minimum Gasteiger partial charge on any atom is -0.384 e. The minimum absolute atomic E-state index is 0.00954. The number of urea groups is 1. The highest BCUT2D eigenvalue weighted by Gasteiger charge is 2.39. The number of nitrogens with zero attached hydrogens (tertiary/aromatic N) is 1. The maximum absolute atomic E-state index is 12.8. The summed E-state index contributed by atoms with van der Waals surface area (Å²) >= 11 is 6.33. The Morgan fingerprint density at radius 3 is 2.65 bits per heavy atom. The van der Waals surface area contributed by atoms with Crippen LogP contribution in [-0.4, -0.2) is 62.2 Å². The normalized spacial score (nSPS) is 31.1. The maximum Gasteiger partial charge on any atom is 0.315 e. The number of carbonyl (C=O) groups is 1. The van der Waals surface area contributed by atoms with Crippen molar-refractivity contribution in [1.82, 2.24) is 15.5 Å². The van der Waals surface area contributed by atoms with Crippen molar-refractivity contribution in [3.8, 4) is 0 Å². The standard InChI is InChI=1S/C28H50ClN3O2/c1-20(2)26(31-27(33)30-16-21-7-6-8-22(15-21)18-34-5)17-32-14-13-25(28(3,4)19-32)23-9-11-24(29)12-10-23/h9,20-22,24-26H,6-8,10-19H2,1-5H3,(H2,30,31,33)/t21?,22?,24?,25?,26-/m0/s1. The van der Waals surface area contributed by atoms with Crippen molar-refractivity contribution in [2.24, 2.45) is 29.1 Å². The summed E-state index contributed by atoms with van der Waals surface area (Å²) in [6.45, 7) is 14.0. The zero-order valence-corrected chi connectivity index (χ0v) is 23.1. The Balaban J connectivity index is 1.47. The van der Waals surface area contributed by atoms with E-state index in [1.165, 1.54) is 25.7 Å². The number of amides is 2. The minimum atomic E-state index is -0.00954. The van der Waals surface area contributed by atoms with Crippen LogP contribution in [0.2, 0.25) is 0 Å². The number of allylic oxidation sites excluding steroid dienone is 2. The van der Waals surface area contributed by atoms with E-state index in [0.717, 1.165) is 58.5 Å². The third-order valence-electron chi connectivity index (χ3n) is 8.56. The molecule has 1 saturated carbocycles. The van der Waals surface area contributed by atoms with Crippen molar-refractivity contribution in [3.05, 3.63) is 11.6 Å². The quantitative estimate of drug-likeness (QED) is 0.312. The van der Waals surface area contributed by atoms with Crippen molar-refractivity contribution < 1.29 is 9.53 Å². The van der Waals surface area contributed by atoms with Gasteiger partial charge < -0.3 is 20.3 Å². The van der Waals surface area contributed by atoms with Gasteiger partial charge in [-0.3, -0.25) is 0 Å². The molecule has 2 fully saturated rings. The molecule has 0 radical (unpaired) electrons. The fraction of sp³-hybridized carbons (Fsp3) is 0.893. The molecule has 3 rings (SSSR count). The first-order chi connectivity index (χ1) is 16.2. The van der Waals surface area contributed by atoms with Crippen LogP contribution >= 0.6 is 11.6 Å². The largest absolute Gasteiger partial charge is 0.384 e. The lowest BCUT2D eigenvalue weighted by atomic mass is 9.68. The molecule has 34 heavy (non-hydrogen) atoms. The number of carbonyl (C=O) groups excluding carboxylic acids is 1. The smallest absolute Gasteiger partial charge is 0.315 e. The lowest BCUT2D eigenvalue weighted by Crippen LogP contribution is -2.54. The summed E-state index contributed by atoms with van der Waals surface area (Å²) in [5.74, 6) is 2.26. The van der Waals surface area contributed by atoms with Crippen molar-refractivity contribution in [3.63, 3.8) is 0 Å². The van der Waals surface area contributed by atoms with Gasteiger partial charge in [0.2, 0.25) is 0 Å². The first kappa shape index (κ1) is 27.8. The van der Waals surface area contributed by atoms with Crippen molar-refractivity contribution >= 4 is 17.6 Å². The Morgan fingerprint density at radius 2 is 2.00 bits per heavy atom. The molecule has 5 nitrogen and oxygen atoms in total. The van der Waals surface area contributed by atoms with Crippen LogP contribution < -0.4 is 10.6 Å². The molecule has 196 valence electrons. The molecule has 2 N–H and O–H groups in total. The van der Waals surface area contributed by atoms with Gasteiger partial charge in [-0.2, -0.15) is 0 Å². The van der Waals surface area contributed by atoms with Crippen LogP contribution in [0.1, 0.15) is 79.1 Å². The van der Waals surface area contributed by atoms with E-state index in [1.54, 1.807) is 12.7 Å². The molecule has 1 heterocycles. The second kappa shape index (κ2) is 13.0. The summed E-state index contributed by atoms with van der Waals surface area (Å²) in [5.41, 5.74) is 1.88. The third kappa shape index (κ3) is 8.13. The average molecular weight is 496 g/mol. The number of hydrogen-bond donors (Lipinski definition) is 2. The highest BCUT2D eigenvalue weighted by Crippen LogP contribution is 2.43. The number of nitrogens with one attached hydrogen (secondary N) is 2. The number of likely N-dealkylation sites (tertiary alicyclic amines) is 1. The molecular weight excluding hydrogens is 446 g/mol. The highest BCUT2D eigenvalue weighted by atomic mass is 35.5. The molecule has 1 saturated heterocycles. The summed E-state index contributed by atoms with van der Waals surface area (Å²) in [7, 11) is 1.79. The Labute approximate surface area is 213 Å². The number of methoxy groups -OCH3 is 1. The van der Waals surface area contributed by atoms with E-state index in [-0.39, 0.29) is 17.5 Å². The van der Waals surface area contributed by atoms with Crippen molar-refractivity contribution in [2.45, 2.75) is 90.5 Å². The zero-order valence-electron chi connectivity index (χ0n) is 22.4. The summed E-state index contributed by atoms with van der Waals surface area (Å²) in [6.07, 6.45) is 11.8. The van der Waals surface area contributed by atoms with Crippen molar-refractivity contribution in [2.75, 3.05) is 39.9 Å². The summed E-state index contributed by atoms with van der Waals surface area (Å²) in [4.78, 5) is 15.4. The number of hydrogen-bond acceptors (Lipinski definition) is 3. The number of ether oxygens (including phenoxy) is 1. The summed E-state index contributed by atoms with van der Waals surface area (Å²) in [6, 6.07) is 0.149. The van der Waals surface area contributed by atoms with Gasteiger partial charge in [-0.05, 0) is 80.6 Å². The van der Waals surface area contributed by atoms with Crippen LogP contribution in [-0.2, 0) is 4.74 Å². The predicted molar refractivity (Wildman–Crippen MR) is 142 cm³/mol. The summed E-state index contributed by atoms with van der Waals surface area (Å²) in [5, 5.41) is 6.80. The van der Waals surface area contributed by atoms with Crippen LogP contribution in [0.4, 0.5) is 4.79 Å². The van der Waals surface area contributed by atoms with Gasteiger partial charge in [0, 0.05) is 44.8 Å². The second-order valence-corrected chi connectivity index (χ2v) is 12.9. The Hall–Kier alpha value is -0.780. The maximum atomic E-state index is 12.8. The molecule has 3 aliphatic rings. The van der Waals surface area contributed by atoms with Crippen LogP contribution in [0.5, 0.6) is 0 Å². The molecule has 2 aliphatic carbocycles. The molecule has 0 bridgehead atoms. The Kier molecular flexibility index (Phi) is 10.6. The second-order valence-electron chi connectivity index (χ2n) is 12.3. The van der Waals surface area contributed by atoms with Crippen molar-refractivity contribution in [1.29, 1.82) is 0 Å². The van der Waals surface area contributed by atoms with E-state index in [1.807, 2.05) is 0 Å². The van der Waals surface area contributed by atoms with Gasteiger partial charge in [-0.15, -0.1) is 11.6 Å². The van der Waals surface area contributed by atoms with E-state index < -0.39 is 0 Å². The van der Waals surface area contributed by atoms with E-state index in [0.29, 0.717) is 29.0 Å².